The lowest BCUT2D eigenvalue weighted by Gasteiger charge is -2.32. The van der Waals surface area contributed by atoms with Crippen molar-refractivity contribution >= 4 is 5.91 Å². The zero-order valence-electron chi connectivity index (χ0n) is 16.4. The number of morpholine rings is 1. The van der Waals surface area contributed by atoms with Gasteiger partial charge in [0.25, 0.3) is 5.91 Å². The van der Waals surface area contributed by atoms with Crippen LogP contribution in [0.1, 0.15) is 18.4 Å². The van der Waals surface area contributed by atoms with Crippen LogP contribution in [0.4, 0.5) is 0 Å². The first kappa shape index (κ1) is 19.9. The van der Waals surface area contributed by atoms with Crippen molar-refractivity contribution in [1.29, 1.82) is 0 Å². The molecule has 0 saturated carbocycles. The molecule has 0 radical (unpaired) electrons. The number of carbonyl (C=O) groups is 1. The average Bonchev–Trinajstić information content (AvgIpc) is 2.73. The fourth-order valence-corrected chi connectivity index (χ4v) is 3.67. The number of ether oxygens (including phenoxy) is 3. The first-order valence-electron chi connectivity index (χ1n) is 9.74. The number of amides is 1. The van der Waals surface area contributed by atoms with Gasteiger partial charge in [0.05, 0.1) is 20.3 Å². The van der Waals surface area contributed by atoms with Crippen molar-refractivity contribution in [2.24, 2.45) is 0 Å². The lowest BCUT2D eigenvalue weighted by molar-refractivity contribution is -0.137. The standard InChI is InChI=1S/C20H31N3O4/c1-21-17-4-3-7-22(14-17)13-16-5-6-18(19(12-16)25-2)27-15-20(24)23-8-10-26-11-9-23/h5-6,12,17,21H,3-4,7-11,13-15H2,1-2H3. The largest absolute Gasteiger partial charge is 0.493 e. The van der Waals surface area contributed by atoms with Gasteiger partial charge in [-0.3, -0.25) is 9.69 Å². The fraction of sp³-hybridized carbons (Fsp3) is 0.650. The summed E-state index contributed by atoms with van der Waals surface area (Å²) in [5.41, 5.74) is 1.19. The third-order valence-electron chi connectivity index (χ3n) is 5.26. The molecule has 0 aromatic heterocycles. The number of carbonyl (C=O) groups excluding carboxylic acids is 1. The van der Waals surface area contributed by atoms with Crippen LogP contribution >= 0.6 is 0 Å². The first-order chi connectivity index (χ1) is 13.2. The van der Waals surface area contributed by atoms with Crippen LogP contribution in [0, 0.1) is 0 Å². The molecule has 1 aromatic carbocycles. The van der Waals surface area contributed by atoms with Gasteiger partial charge in [-0.05, 0) is 44.1 Å². The molecule has 27 heavy (non-hydrogen) atoms. The number of hydrogen-bond donors (Lipinski definition) is 1. The first-order valence-corrected chi connectivity index (χ1v) is 9.74. The topological polar surface area (TPSA) is 63.3 Å². The Labute approximate surface area is 161 Å². The van der Waals surface area contributed by atoms with Crippen molar-refractivity contribution in [2.45, 2.75) is 25.4 Å². The summed E-state index contributed by atoms with van der Waals surface area (Å²) in [6, 6.07) is 6.53. The van der Waals surface area contributed by atoms with Crippen molar-refractivity contribution in [3.05, 3.63) is 23.8 Å². The summed E-state index contributed by atoms with van der Waals surface area (Å²) < 4.78 is 16.5. The molecule has 2 aliphatic heterocycles. The minimum Gasteiger partial charge on any atom is -0.493 e. The van der Waals surface area contributed by atoms with Crippen molar-refractivity contribution in [3.63, 3.8) is 0 Å². The van der Waals surface area contributed by atoms with Crippen LogP contribution in [0.5, 0.6) is 11.5 Å². The van der Waals surface area contributed by atoms with Gasteiger partial charge in [-0.1, -0.05) is 6.07 Å². The van der Waals surface area contributed by atoms with Crippen LogP contribution in [0.25, 0.3) is 0 Å². The van der Waals surface area contributed by atoms with E-state index in [1.807, 2.05) is 19.2 Å². The van der Waals surface area contributed by atoms with Crippen LogP contribution in [0.15, 0.2) is 18.2 Å². The molecule has 2 saturated heterocycles. The number of likely N-dealkylation sites (tertiary alicyclic amines) is 1. The number of piperidine rings is 1. The molecule has 1 N–H and O–H groups in total. The van der Waals surface area contributed by atoms with E-state index in [1.54, 1.807) is 12.0 Å². The highest BCUT2D eigenvalue weighted by molar-refractivity contribution is 5.78. The van der Waals surface area contributed by atoms with Crippen LogP contribution in [-0.2, 0) is 16.1 Å². The lowest BCUT2D eigenvalue weighted by atomic mass is 10.0. The number of nitrogens with zero attached hydrogens (tertiary/aromatic N) is 2. The molecule has 3 rings (SSSR count). The number of rotatable bonds is 7. The summed E-state index contributed by atoms with van der Waals surface area (Å²) in [5.74, 6) is 1.26. The average molecular weight is 377 g/mol. The quantitative estimate of drug-likeness (QED) is 0.768. The van der Waals surface area contributed by atoms with Gasteiger partial charge in [-0.25, -0.2) is 0 Å². The highest BCUT2D eigenvalue weighted by atomic mass is 16.5. The van der Waals surface area contributed by atoms with Crippen LogP contribution in [0.3, 0.4) is 0 Å². The second-order valence-electron chi connectivity index (χ2n) is 7.13. The number of methoxy groups -OCH3 is 1. The van der Waals surface area contributed by atoms with Crippen molar-refractivity contribution < 1.29 is 19.0 Å². The van der Waals surface area contributed by atoms with Gasteiger partial charge in [0.1, 0.15) is 0 Å². The molecule has 2 heterocycles. The molecule has 150 valence electrons. The van der Waals surface area contributed by atoms with E-state index in [1.165, 1.54) is 18.4 Å². The number of nitrogens with one attached hydrogen (secondary N) is 1. The predicted molar refractivity (Wildman–Crippen MR) is 103 cm³/mol. The van der Waals surface area contributed by atoms with Crippen LogP contribution < -0.4 is 14.8 Å². The summed E-state index contributed by atoms with van der Waals surface area (Å²) in [6.07, 6.45) is 2.45. The van der Waals surface area contributed by atoms with E-state index < -0.39 is 0 Å². The van der Waals surface area contributed by atoms with Gasteiger partial charge in [0, 0.05) is 32.2 Å². The molecular weight excluding hydrogens is 346 g/mol. The van der Waals surface area contributed by atoms with Crippen molar-refractivity contribution in [1.82, 2.24) is 15.1 Å². The SMILES string of the molecule is CNC1CCCN(Cc2ccc(OCC(=O)N3CCOCC3)c(OC)c2)C1. The van der Waals surface area contributed by atoms with Crippen LogP contribution in [-0.4, -0.2) is 81.9 Å². The minimum atomic E-state index is -0.0177. The summed E-state index contributed by atoms with van der Waals surface area (Å²) >= 11 is 0. The normalized spacial score (nSPS) is 21.1. The van der Waals surface area contributed by atoms with E-state index in [-0.39, 0.29) is 12.5 Å². The summed E-state index contributed by atoms with van der Waals surface area (Å²) in [6.45, 7) is 5.53. The number of benzene rings is 1. The lowest BCUT2D eigenvalue weighted by Crippen LogP contribution is -2.43. The maximum absolute atomic E-state index is 12.3. The van der Waals surface area contributed by atoms with Gasteiger partial charge in [0.2, 0.25) is 0 Å². The maximum Gasteiger partial charge on any atom is 0.260 e. The highest BCUT2D eigenvalue weighted by Crippen LogP contribution is 2.29. The van der Waals surface area contributed by atoms with E-state index in [9.17, 15) is 4.79 Å². The zero-order chi connectivity index (χ0) is 19.1. The van der Waals surface area contributed by atoms with Gasteiger partial charge in [-0.2, -0.15) is 0 Å². The number of hydrogen-bond acceptors (Lipinski definition) is 6. The van der Waals surface area contributed by atoms with E-state index in [0.29, 0.717) is 43.8 Å². The Bertz CT molecular complexity index is 619. The summed E-state index contributed by atoms with van der Waals surface area (Å²) in [5, 5.41) is 3.38. The minimum absolute atomic E-state index is 0.0177. The van der Waals surface area contributed by atoms with Gasteiger partial charge in [0.15, 0.2) is 18.1 Å². The van der Waals surface area contributed by atoms with E-state index in [2.05, 4.69) is 16.3 Å². The fourth-order valence-electron chi connectivity index (χ4n) is 3.67. The molecule has 2 aliphatic rings. The van der Waals surface area contributed by atoms with E-state index >= 15 is 0 Å². The van der Waals surface area contributed by atoms with E-state index in [0.717, 1.165) is 19.6 Å². The Morgan fingerprint density at radius 1 is 1.26 bits per heavy atom. The van der Waals surface area contributed by atoms with Gasteiger partial charge in [-0.15, -0.1) is 0 Å². The van der Waals surface area contributed by atoms with Gasteiger partial charge < -0.3 is 24.4 Å². The second-order valence-corrected chi connectivity index (χ2v) is 7.13. The molecule has 0 spiro atoms. The smallest absolute Gasteiger partial charge is 0.260 e. The Hall–Kier alpha value is -1.83. The third kappa shape index (κ3) is 5.57. The Morgan fingerprint density at radius 3 is 2.81 bits per heavy atom. The maximum atomic E-state index is 12.3. The van der Waals surface area contributed by atoms with E-state index in [4.69, 9.17) is 14.2 Å². The third-order valence-corrected chi connectivity index (χ3v) is 5.26. The van der Waals surface area contributed by atoms with Crippen molar-refractivity contribution in [3.8, 4) is 11.5 Å². The van der Waals surface area contributed by atoms with Crippen molar-refractivity contribution in [2.75, 3.05) is 60.2 Å². The molecular formula is C20H31N3O4. The molecule has 1 aromatic rings. The molecule has 1 atom stereocenters. The molecule has 1 unspecified atom stereocenters. The number of likely N-dealkylation sites (N-methyl/N-ethyl adjacent to an activating group) is 1. The molecule has 7 heteroatoms. The summed E-state index contributed by atoms with van der Waals surface area (Å²) in [4.78, 5) is 16.5. The zero-order valence-corrected chi connectivity index (χ0v) is 16.4. The molecule has 1 amide bonds. The molecule has 0 aliphatic carbocycles. The van der Waals surface area contributed by atoms with Crippen LogP contribution in [0.2, 0.25) is 0 Å². The molecule has 7 nitrogen and oxygen atoms in total. The Balaban J connectivity index is 1.56. The Kier molecular flexibility index (Phi) is 7.32. The predicted octanol–water partition coefficient (Wildman–Crippen LogP) is 1.12. The molecule has 0 bridgehead atoms. The Morgan fingerprint density at radius 2 is 2.07 bits per heavy atom. The second kappa shape index (κ2) is 9.92. The van der Waals surface area contributed by atoms with Gasteiger partial charge >= 0.3 is 0 Å². The molecule has 2 fully saturated rings. The summed E-state index contributed by atoms with van der Waals surface area (Å²) in [7, 11) is 3.66. The monoisotopic (exact) mass is 377 g/mol. The highest BCUT2D eigenvalue weighted by Gasteiger charge is 2.20.